The molecule has 0 aliphatic heterocycles. The highest BCUT2D eigenvalue weighted by molar-refractivity contribution is 5.20. The molecular formula is C22H31NO. The fourth-order valence-corrected chi connectivity index (χ4v) is 3.36. The fraction of sp³-hybridized carbons (Fsp3) is 0.455. The molecule has 24 heavy (non-hydrogen) atoms. The highest BCUT2D eigenvalue weighted by Gasteiger charge is 2.24. The van der Waals surface area contributed by atoms with Gasteiger partial charge < -0.3 is 5.11 Å². The molecule has 130 valence electrons. The van der Waals surface area contributed by atoms with Gasteiger partial charge in [-0.25, -0.2) is 0 Å². The summed E-state index contributed by atoms with van der Waals surface area (Å²) in [4.78, 5) is 2.57. The van der Waals surface area contributed by atoms with Gasteiger partial charge in [0, 0.05) is 25.2 Å². The van der Waals surface area contributed by atoms with Gasteiger partial charge in [0.15, 0.2) is 0 Å². The van der Waals surface area contributed by atoms with E-state index in [4.69, 9.17) is 0 Å². The van der Waals surface area contributed by atoms with Gasteiger partial charge in [0.25, 0.3) is 0 Å². The van der Waals surface area contributed by atoms with Crippen molar-refractivity contribution in [1.29, 1.82) is 0 Å². The van der Waals surface area contributed by atoms with Crippen LogP contribution in [0.25, 0.3) is 0 Å². The Morgan fingerprint density at radius 1 is 0.917 bits per heavy atom. The van der Waals surface area contributed by atoms with E-state index >= 15 is 0 Å². The monoisotopic (exact) mass is 325 g/mol. The molecule has 2 heteroatoms. The van der Waals surface area contributed by atoms with Crippen molar-refractivity contribution in [3.05, 3.63) is 71.8 Å². The average molecular weight is 325 g/mol. The second-order valence-electron chi connectivity index (χ2n) is 6.55. The summed E-state index contributed by atoms with van der Waals surface area (Å²) in [5.74, 6) is 0. The van der Waals surface area contributed by atoms with Crippen LogP contribution in [0.5, 0.6) is 0 Å². The van der Waals surface area contributed by atoms with Crippen LogP contribution >= 0.6 is 0 Å². The number of aliphatic hydroxyl groups excluding tert-OH is 1. The quantitative estimate of drug-likeness (QED) is 0.649. The number of hydrogen-bond donors (Lipinski definition) is 1. The predicted octanol–water partition coefficient (Wildman–Crippen LogP) is 5.19. The van der Waals surface area contributed by atoms with Crippen molar-refractivity contribution in [3.8, 4) is 0 Å². The number of rotatable bonds is 10. The van der Waals surface area contributed by atoms with Crippen molar-refractivity contribution in [3.63, 3.8) is 0 Å². The minimum atomic E-state index is 0.251. The largest absolute Gasteiger partial charge is 0.396 e. The Labute approximate surface area is 147 Å². The molecule has 0 heterocycles. The number of aliphatic hydroxyl groups is 1. The molecule has 0 saturated heterocycles. The molecule has 0 bridgehead atoms. The summed E-state index contributed by atoms with van der Waals surface area (Å²) < 4.78 is 0. The Morgan fingerprint density at radius 3 is 2.12 bits per heavy atom. The van der Waals surface area contributed by atoms with Crippen LogP contribution in [0.1, 0.15) is 56.7 Å². The molecule has 2 aromatic rings. The third kappa shape index (κ3) is 5.47. The standard InChI is InChI=1S/C22H31NO/c1-3-4-15-22(16-17-24)23(18-20-11-7-5-8-12-20)19(2)21-13-9-6-10-14-21/h5-14,19,22,24H,3-4,15-18H2,1-2H3/t19-,22-/m0/s1. The number of benzene rings is 2. The van der Waals surface area contributed by atoms with Crippen molar-refractivity contribution < 1.29 is 5.11 Å². The zero-order chi connectivity index (χ0) is 17.2. The summed E-state index contributed by atoms with van der Waals surface area (Å²) >= 11 is 0. The first-order chi connectivity index (χ1) is 11.8. The minimum absolute atomic E-state index is 0.251. The third-order valence-corrected chi connectivity index (χ3v) is 4.81. The Morgan fingerprint density at radius 2 is 1.54 bits per heavy atom. The maximum absolute atomic E-state index is 9.58. The lowest BCUT2D eigenvalue weighted by molar-refractivity contribution is 0.100. The van der Waals surface area contributed by atoms with Crippen LogP contribution in [0, 0.1) is 0 Å². The summed E-state index contributed by atoms with van der Waals surface area (Å²) in [6.07, 6.45) is 4.38. The molecule has 0 aliphatic carbocycles. The summed E-state index contributed by atoms with van der Waals surface area (Å²) in [7, 11) is 0. The van der Waals surface area contributed by atoms with E-state index in [0.29, 0.717) is 12.1 Å². The van der Waals surface area contributed by atoms with Crippen molar-refractivity contribution in [2.24, 2.45) is 0 Å². The highest BCUT2D eigenvalue weighted by Crippen LogP contribution is 2.28. The van der Waals surface area contributed by atoms with Gasteiger partial charge in [-0.2, -0.15) is 0 Å². The summed E-state index contributed by atoms with van der Waals surface area (Å²) in [5, 5.41) is 9.58. The normalized spacial score (nSPS) is 13.8. The molecule has 0 saturated carbocycles. The summed E-state index contributed by atoms with van der Waals surface area (Å²) in [5.41, 5.74) is 2.67. The molecule has 0 unspecified atom stereocenters. The van der Waals surface area contributed by atoms with Gasteiger partial charge in [-0.15, -0.1) is 0 Å². The lowest BCUT2D eigenvalue weighted by atomic mass is 9.98. The van der Waals surface area contributed by atoms with E-state index in [9.17, 15) is 5.11 Å². The number of hydrogen-bond acceptors (Lipinski definition) is 2. The molecule has 0 aliphatic rings. The van der Waals surface area contributed by atoms with Crippen LogP contribution in [0.15, 0.2) is 60.7 Å². The van der Waals surface area contributed by atoms with Crippen LogP contribution < -0.4 is 0 Å². The van der Waals surface area contributed by atoms with E-state index in [-0.39, 0.29) is 6.61 Å². The summed E-state index contributed by atoms with van der Waals surface area (Å²) in [6, 6.07) is 22.1. The van der Waals surface area contributed by atoms with Gasteiger partial charge in [0.2, 0.25) is 0 Å². The van der Waals surface area contributed by atoms with Crippen LogP contribution in [0.4, 0.5) is 0 Å². The van der Waals surface area contributed by atoms with Gasteiger partial charge in [-0.05, 0) is 30.9 Å². The van der Waals surface area contributed by atoms with Gasteiger partial charge in [-0.1, -0.05) is 80.4 Å². The maximum atomic E-state index is 9.58. The van der Waals surface area contributed by atoms with E-state index in [0.717, 1.165) is 19.4 Å². The Balaban J connectivity index is 2.24. The van der Waals surface area contributed by atoms with Gasteiger partial charge >= 0.3 is 0 Å². The van der Waals surface area contributed by atoms with E-state index in [2.05, 4.69) is 79.4 Å². The number of nitrogens with zero attached hydrogens (tertiary/aromatic N) is 1. The van der Waals surface area contributed by atoms with Crippen LogP contribution in [-0.4, -0.2) is 22.7 Å². The minimum Gasteiger partial charge on any atom is -0.396 e. The van der Waals surface area contributed by atoms with Crippen LogP contribution in [0.2, 0.25) is 0 Å². The Bertz CT molecular complexity index is 555. The number of unbranched alkanes of at least 4 members (excludes halogenated alkanes) is 1. The zero-order valence-electron chi connectivity index (χ0n) is 15.1. The van der Waals surface area contributed by atoms with E-state index in [1.165, 1.54) is 24.0 Å². The summed E-state index contributed by atoms with van der Waals surface area (Å²) in [6.45, 7) is 5.69. The SMILES string of the molecule is CCCC[C@@H](CCO)N(Cc1ccccc1)[C@@H](C)c1ccccc1. The van der Waals surface area contributed by atoms with Crippen molar-refractivity contribution in [1.82, 2.24) is 4.90 Å². The van der Waals surface area contributed by atoms with E-state index < -0.39 is 0 Å². The molecule has 0 amide bonds. The second-order valence-corrected chi connectivity index (χ2v) is 6.55. The third-order valence-electron chi connectivity index (χ3n) is 4.81. The lowest BCUT2D eigenvalue weighted by Crippen LogP contribution is -2.37. The molecule has 2 aromatic carbocycles. The molecule has 1 N–H and O–H groups in total. The molecular weight excluding hydrogens is 294 g/mol. The molecule has 0 aromatic heterocycles. The molecule has 2 rings (SSSR count). The predicted molar refractivity (Wildman–Crippen MR) is 102 cm³/mol. The highest BCUT2D eigenvalue weighted by atomic mass is 16.3. The van der Waals surface area contributed by atoms with Crippen LogP contribution in [0.3, 0.4) is 0 Å². The topological polar surface area (TPSA) is 23.5 Å². The van der Waals surface area contributed by atoms with Gasteiger partial charge in [0.05, 0.1) is 0 Å². The molecule has 0 fully saturated rings. The van der Waals surface area contributed by atoms with Crippen molar-refractivity contribution >= 4 is 0 Å². The van der Waals surface area contributed by atoms with Crippen molar-refractivity contribution in [2.45, 2.75) is 58.2 Å². The molecule has 2 nitrogen and oxygen atoms in total. The molecule has 0 radical (unpaired) electrons. The first-order valence-electron chi connectivity index (χ1n) is 9.21. The first-order valence-corrected chi connectivity index (χ1v) is 9.21. The fourth-order valence-electron chi connectivity index (χ4n) is 3.36. The molecule has 0 spiro atoms. The smallest absolute Gasteiger partial charge is 0.0445 e. The average Bonchev–Trinajstić information content (AvgIpc) is 2.64. The Hall–Kier alpha value is -1.64. The second kappa shape index (κ2) is 10.3. The molecule has 2 atom stereocenters. The Kier molecular flexibility index (Phi) is 8.00. The zero-order valence-corrected chi connectivity index (χ0v) is 15.1. The van der Waals surface area contributed by atoms with Crippen LogP contribution in [-0.2, 0) is 6.54 Å². The van der Waals surface area contributed by atoms with Crippen molar-refractivity contribution in [2.75, 3.05) is 6.61 Å². The van der Waals surface area contributed by atoms with E-state index in [1.807, 2.05) is 0 Å². The van der Waals surface area contributed by atoms with Gasteiger partial charge in [-0.3, -0.25) is 4.90 Å². The van der Waals surface area contributed by atoms with E-state index in [1.54, 1.807) is 0 Å². The lowest BCUT2D eigenvalue weighted by Gasteiger charge is -2.37. The van der Waals surface area contributed by atoms with Gasteiger partial charge in [0.1, 0.15) is 0 Å². The maximum Gasteiger partial charge on any atom is 0.0445 e. The first kappa shape index (κ1) is 18.7.